The smallest absolute Gasteiger partial charge is 0.272 e. The van der Waals surface area contributed by atoms with Crippen molar-refractivity contribution >= 4 is 23.3 Å². The molecule has 4 rings (SSSR count). The van der Waals surface area contributed by atoms with Crippen molar-refractivity contribution < 1.29 is 14.0 Å². The van der Waals surface area contributed by atoms with Gasteiger partial charge in [0.05, 0.1) is 0 Å². The monoisotopic (exact) mass is 394 g/mol. The fourth-order valence-electron chi connectivity index (χ4n) is 3.82. The molecule has 0 atom stereocenters. The molecule has 7 heteroatoms. The number of halogens is 1. The van der Waals surface area contributed by atoms with Crippen molar-refractivity contribution in [1.29, 1.82) is 0 Å². The maximum atomic E-state index is 13.5. The fraction of sp³-hybridized carbons (Fsp3) is 0.318. The van der Waals surface area contributed by atoms with E-state index in [0.717, 1.165) is 37.3 Å². The van der Waals surface area contributed by atoms with Crippen LogP contribution >= 0.6 is 0 Å². The number of nitrogens with zero attached hydrogens (tertiary/aromatic N) is 2. The third-order valence-electron chi connectivity index (χ3n) is 5.32. The molecule has 1 saturated carbocycles. The third kappa shape index (κ3) is 3.99. The van der Waals surface area contributed by atoms with E-state index < -0.39 is 11.7 Å². The maximum Gasteiger partial charge on any atom is 0.272 e. The molecule has 1 aromatic carbocycles. The van der Waals surface area contributed by atoms with Crippen molar-refractivity contribution in [2.75, 3.05) is 5.32 Å². The Morgan fingerprint density at radius 3 is 2.66 bits per heavy atom. The van der Waals surface area contributed by atoms with Gasteiger partial charge in [-0.2, -0.15) is 0 Å². The number of nitrogens with one attached hydrogen (secondary N) is 2. The first kappa shape index (κ1) is 19.1. The second-order valence-electron chi connectivity index (χ2n) is 7.47. The van der Waals surface area contributed by atoms with E-state index in [-0.39, 0.29) is 29.0 Å². The van der Waals surface area contributed by atoms with Crippen LogP contribution in [0.2, 0.25) is 0 Å². The zero-order chi connectivity index (χ0) is 20.4. The van der Waals surface area contributed by atoms with Crippen molar-refractivity contribution in [3.63, 3.8) is 0 Å². The third-order valence-corrected chi connectivity index (χ3v) is 5.32. The molecule has 1 aliphatic carbocycles. The van der Waals surface area contributed by atoms with Crippen LogP contribution in [0, 0.1) is 12.7 Å². The lowest BCUT2D eigenvalue weighted by molar-refractivity contribution is 0.0922. The molecular formula is C22H23FN4O2. The number of anilines is 1. The van der Waals surface area contributed by atoms with Gasteiger partial charge in [-0.25, -0.2) is 9.37 Å². The van der Waals surface area contributed by atoms with E-state index in [4.69, 9.17) is 0 Å². The zero-order valence-electron chi connectivity index (χ0n) is 16.2. The van der Waals surface area contributed by atoms with Gasteiger partial charge in [-0.3, -0.25) is 14.0 Å². The molecule has 0 bridgehead atoms. The Morgan fingerprint density at radius 1 is 1.10 bits per heavy atom. The summed E-state index contributed by atoms with van der Waals surface area (Å²) in [4.78, 5) is 30.2. The van der Waals surface area contributed by atoms with Gasteiger partial charge in [-0.05, 0) is 49.6 Å². The quantitative estimate of drug-likeness (QED) is 0.700. The number of hydrogen-bond donors (Lipinski definition) is 2. The zero-order valence-corrected chi connectivity index (χ0v) is 16.2. The summed E-state index contributed by atoms with van der Waals surface area (Å²) < 4.78 is 15.2. The van der Waals surface area contributed by atoms with Crippen molar-refractivity contribution in [2.24, 2.45) is 0 Å². The number of benzene rings is 1. The number of carbonyl (C=O) groups is 2. The van der Waals surface area contributed by atoms with E-state index >= 15 is 0 Å². The number of pyridine rings is 1. The van der Waals surface area contributed by atoms with Crippen molar-refractivity contribution in [1.82, 2.24) is 14.7 Å². The lowest BCUT2D eigenvalue weighted by Gasteiger charge is -2.22. The average Bonchev–Trinajstić information content (AvgIpc) is 3.08. The van der Waals surface area contributed by atoms with Gasteiger partial charge < -0.3 is 10.6 Å². The number of hydrogen-bond acceptors (Lipinski definition) is 3. The first-order valence-electron chi connectivity index (χ1n) is 9.88. The number of aryl methyl sites for hydroxylation is 1. The van der Waals surface area contributed by atoms with Gasteiger partial charge in [-0.15, -0.1) is 0 Å². The van der Waals surface area contributed by atoms with Crippen LogP contribution < -0.4 is 10.6 Å². The highest BCUT2D eigenvalue weighted by atomic mass is 19.1. The molecular weight excluding hydrogens is 371 g/mol. The maximum absolute atomic E-state index is 13.5. The van der Waals surface area contributed by atoms with Gasteiger partial charge in [0.25, 0.3) is 11.8 Å². The van der Waals surface area contributed by atoms with Crippen LogP contribution in [0.1, 0.15) is 58.5 Å². The van der Waals surface area contributed by atoms with Crippen LogP contribution in [0.3, 0.4) is 0 Å². The highest BCUT2D eigenvalue weighted by molar-refractivity contribution is 6.08. The fourth-order valence-corrected chi connectivity index (χ4v) is 3.82. The predicted octanol–water partition coefficient (Wildman–Crippen LogP) is 4.10. The highest BCUT2D eigenvalue weighted by Gasteiger charge is 2.25. The van der Waals surface area contributed by atoms with Gasteiger partial charge in [0.1, 0.15) is 11.5 Å². The molecule has 6 nitrogen and oxygen atoms in total. The Morgan fingerprint density at radius 2 is 1.90 bits per heavy atom. The molecule has 1 aliphatic rings. The second kappa shape index (κ2) is 8.03. The molecule has 2 N–H and O–H groups in total. The van der Waals surface area contributed by atoms with Crippen LogP contribution in [0.5, 0.6) is 0 Å². The highest BCUT2D eigenvalue weighted by Crippen LogP contribution is 2.23. The van der Waals surface area contributed by atoms with E-state index in [0.29, 0.717) is 5.65 Å². The number of fused-ring (bicyclic) bond motifs is 1. The van der Waals surface area contributed by atoms with E-state index in [9.17, 15) is 14.0 Å². The lowest BCUT2D eigenvalue weighted by Crippen LogP contribution is -2.37. The lowest BCUT2D eigenvalue weighted by atomic mass is 9.95. The van der Waals surface area contributed by atoms with Crippen LogP contribution in [-0.4, -0.2) is 27.2 Å². The standard InChI is InChI=1S/C22H23FN4O2/c1-14-7-6-12-27-18(22(29)24-17-10-3-2-4-11-17)19(25-20(14)27)26-21(28)15-8-5-9-16(23)13-15/h5-9,12-13,17H,2-4,10-11H2,1H3,(H,24,29)(H,26,28). The molecule has 0 unspecified atom stereocenters. The first-order valence-corrected chi connectivity index (χ1v) is 9.88. The number of amides is 2. The number of rotatable bonds is 4. The van der Waals surface area contributed by atoms with E-state index in [1.54, 1.807) is 10.6 Å². The second-order valence-corrected chi connectivity index (χ2v) is 7.47. The Hall–Kier alpha value is -3.22. The molecule has 29 heavy (non-hydrogen) atoms. The van der Waals surface area contributed by atoms with Gasteiger partial charge in [-0.1, -0.05) is 31.4 Å². The normalized spacial score (nSPS) is 14.7. The van der Waals surface area contributed by atoms with Crippen LogP contribution in [0.4, 0.5) is 10.2 Å². The molecule has 2 heterocycles. The molecule has 150 valence electrons. The summed E-state index contributed by atoms with van der Waals surface area (Å²) in [5.41, 5.74) is 1.91. The first-order chi connectivity index (χ1) is 14.0. The molecule has 3 aromatic rings. The van der Waals surface area contributed by atoms with Crippen LogP contribution in [0.15, 0.2) is 42.6 Å². The SMILES string of the molecule is Cc1cccn2c(C(=O)NC3CCCCC3)c(NC(=O)c3cccc(F)c3)nc12. The number of carbonyl (C=O) groups excluding carboxylic acids is 2. The van der Waals surface area contributed by atoms with Gasteiger partial charge in [0, 0.05) is 17.8 Å². The van der Waals surface area contributed by atoms with E-state index in [2.05, 4.69) is 15.6 Å². The van der Waals surface area contributed by atoms with E-state index in [1.165, 1.54) is 24.6 Å². The topological polar surface area (TPSA) is 75.5 Å². The average molecular weight is 394 g/mol. The summed E-state index contributed by atoms with van der Waals surface area (Å²) in [5.74, 6) is -1.12. The Labute approximate surface area is 168 Å². The number of imidazole rings is 1. The summed E-state index contributed by atoms with van der Waals surface area (Å²) in [5, 5.41) is 5.77. The summed E-state index contributed by atoms with van der Waals surface area (Å²) in [6.07, 6.45) is 7.04. The Balaban J connectivity index is 1.69. The molecule has 1 fully saturated rings. The largest absolute Gasteiger partial charge is 0.348 e. The van der Waals surface area contributed by atoms with Crippen LogP contribution in [-0.2, 0) is 0 Å². The summed E-state index contributed by atoms with van der Waals surface area (Å²) in [6.45, 7) is 1.89. The molecule has 2 aromatic heterocycles. The predicted molar refractivity (Wildman–Crippen MR) is 109 cm³/mol. The summed E-state index contributed by atoms with van der Waals surface area (Å²) in [6, 6.07) is 9.25. The molecule has 0 radical (unpaired) electrons. The minimum Gasteiger partial charge on any atom is -0.348 e. The summed E-state index contributed by atoms with van der Waals surface area (Å²) in [7, 11) is 0. The van der Waals surface area contributed by atoms with Crippen molar-refractivity contribution in [3.05, 3.63) is 65.2 Å². The molecule has 0 aliphatic heterocycles. The van der Waals surface area contributed by atoms with Gasteiger partial charge in [0.15, 0.2) is 11.5 Å². The molecule has 0 saturated heterocycles. The number of aromatic nitrogens is 2. The Kier molecular flexibility index (Phi) is 5.29. The minimum atomic E-state index is -0.516. The van der Waals surface area contributed by atoms with Crippen molar-refractivity contribution in [2.45, 2.75) is 45.1 Å². The van der Waals surface area contributed by atoms with Gasteiger partial charge >= 0.3 is 0 Å². The van der Waals surface area contributed by atoms with Crippen molar-refractivity contribution in [3.8, 4) is 0 Å². The van der Waals surface area contributed by atoms with Gasteiger partial charge in [0.2, 0.25) is 0 Å². The summed E-state index contributed by atoms with van der Waals surface area (Å²) >= 11 is 0. The molecule has 2 amide bonds. The Bertz CT molecular complexity index is 1070. The molecule has 0 spiro atoms. The minimum absolute atomic E-state index is 0.123. The van der Waals surface area contributed by atoms with Crippen LogP contribution in [0.25, 0.3) is 5.65 Å². The van der Waals surface area contributed by atoms with E-state index in [1.807, 2.05) is 19.1 Å².